The van der Waals surface area contributed by atoms with Crippen LogP contribution >= 0.6 is 24.0 Å². The number of nitrogens with one attached hydrogen (secondary N) is 3. The largest absolute Gasteiger partial charge is 0.417 e. The van der Waals surface area contributed by atoms with Crippen molar-refractivity contribution in [2.45, 2.75) is 32.5 Å². The Labute approximate surface area is 237 Å². The third kappa shape index (κ3) is 7.17. The van der Waals surface area contributed by atoms with E-state index in [1.807, 2.05) is 13.8 Å². The van der Waals surface area contributed by atoms with Crippen LogP contribution in [0.1, 0.15) is 25.8 Å². The highest BCUT2D eigenvalue weighted by Gasteiger charge is 2.33. The Kier molecular flexibility index (Phi) is 9.56. The molecule has 3 amide bonds. The number of aromatic nitrogens is 4. The number of nitrogens with zero attached hydrogens (tertiary/aromatic N) is 4. The number of carbonyl (C=O) groups is 2. The first kappa shape index (κ1) is 30.6. The summed E-state index contributed by atoms with van der Waals surface area (Å²) < 4.78 is 40.9. The van der Waals surface area contributed by atoms with Gasteiger partial charge in [0, 0.05) is 17.1 Å². The molecule has 0 aliphatic heterocycles. The zero-order valence-electron chi connectivity index (χ0n) is 21.2. The van der Waals surface area contributed by atoms with Gasteiger partial charge in [-0.05, 0) is 54.8 Å². The zero-order chi connectivity index (χ0) is 28.3. The van der Waals surface area contributed by atoms with Gasteiger partial charge >= 0.3 is 12.2 Å². The number of imidazole rings is 1. The number of benzene rings is 2. The standard InChI is InChI=1S/C25H24ClF3N8O2.ClH/c1-13(2)9-19(30)23(38)36-21-20-22(32-11-31-21)37(12-33-20)16-6-3-14(4-7-16)34-24(39)35-15-5-8-18(26)17(10-15)25(27,28)29;/h3-8,10-13,19H,9,30H2,1-2H3,(H2,34,35,39)(H,31,32,36,38);1H. The van der Waals surface area contributed by atoms with Crippen molar-refractivity contribution in [1.82, 2.24) is 19.5 Å². The number of fused-ring (bicyclic) bond motifs is 1. The highest BCUT2D eigenvalue weighted by atomic mass is 35.5. The summed E-state index contributed by atoms with van der Waals surface area (Å²) >= 11 is 5.61. The number of urea groups is 1. The van der Waals surface area contributed by atoms with Gasteiger partial charge in [-0.1, -0.05) is 25.4 Å². The molecule has 212 valence electrons. The van der Waals surface area contributed by atoms with Gasteiger partial charge in [0.1, 0.15) is 12.7 Å². The number of halogens is 5. The van der Waals surface area contributed by atoms with Crippen LogP contribution in [0.3, 0.4) is 0 Å². The molecule has 4 rings (SSSR count). The van der Waals surface area contributed by atoms with Crippen molar-refractivity contribution in [1.29, 1.82) is 0 Å². The first-order valence-electron chi connectivity index (χ1n) is 11.7. The van der Waals surface area contributed by atoms with E-state index >= 15 is 0 Å². The molecular formula is C25H25Cl2F3N8O2. The monoisotopic (exact) mass is 596 g/mol. The van der Waals surface area contributed by atoms with Gasteiger partial charge in [0.2, 0.25) is 5.91 Å². The molecule has 10 nitrogen and oxygen atoms in total. The summed E-state index contributed by atoms with van der Waals surface area (Å²) in [4.78, 5) is 37.5. The topological polar surface area (TPSA) is 140 Å². The third-order valence-electron chi connectivity index (χ3n) is 5.57. The Morgan fingerprint density at radius 1 is 1.00 bits per heavy atom. The fraction of sp³-hybridized carbons (Fsp3) is 0.240. The van der Waals surface area contributed by atoms with Crippen LogP contribution < -0.4 is 21.7 Å². The van der Waals surface area contributed by atoms with Gasteiger partial charge in [-0.3, -0.25) is 9.36 Å². The Balaban J connectivity index is 0.00000441. The molecule has 1 atom stereocenters. The third-order valence-corrected chi connectivity index (χ3v) is 5.90. The normalized spacial score (nSPS) is 12.1. The molecule has 0 radical (unpaired) electrons. The number of rotatable bonds is 7. The predicted molar refractivity (Wildman–Crippen MR) is 149 cm³/mol. The van der Waals surface area contributed by atoms with Gasteiger partial charge < -0.3 is 21.7 Å². The lowest BCUT2D eigenvalue weighted by atomic mass is 10.0. The summed E-state index contributed by atoms with van der Waals surface area (Å²) in [5.41, 5.74) is 6.66. The number of alkyl halides is 3. The highest BCUT2D eigenvalue weighted by Crippen LogP contribution is 2.36. The summed E-state index contributed by atoms with van der Waals surface area (Å²) in [5.74, 6) is 0.104. The van der Waals surface area contributed by atoms with Crippen molar-refractivity contribution < 1.29 is 22.8 Å². The molecule has 5 N–H and O–H groups in total. The summed E-state index contributed by atoms with van der Waals surface area (Å²) in [5, 5.41) is 7.14. The summed E-state index contributed by atoms with van der Waals surface area (Å²) in [7, 11) is 0. The van der Waals surface area contributed by atoms with E-state index < -0.39 is 28.8 Å². The van der Waals surface area contributed by atoms with E-state index in [1.165, 1.54) is 18.7 Å². The maximum absolute atomic E-state index is 13.1. The second kappa shape index (κ2) is 12.5. The summed E-state index contributed by atoms with van der Waals surface area (Å²) in [6.45, 7) is 3.94. The number of hydrogen-bond donors (Lipinski definition) is 4. The van der Waals surface area contributed by atoms with Crippen LogP contribution in [0.25, 0.3) is 16.9 Å². The van der Waals surface area contributed by atoms with E-state index in [9.17, 15) is 22.8 Å². The number of carbonyl (C=O) groups excluding carboxylic acids is 2. The van der Waals surface area contributed by atoms with Gasteiger partial charge in [0.15, 0.2) is 17.0 Å². The van der Waals surface area contributed by atoms with Crippen molar-refractivity contribution in [3.05, 3.63) is 65.7 Å². The second-order valence-electron chi connectivity index (χ2n) is 9.05. The van der Waals surface area contributed by atoms with Crippen LogP contribution in [-0.4, -0.2) is 37.5 Å². The van der Waals surface area contributed by atoms with E-state index in [1.54, 1.807) is 28.8 Å². The lowest BCUT2D eigenvalue weighted by Gasteiger charge is -2.13. The minimum atomic E-state index is -4.66. The SMILES string of the molecule is CC(C)CC(N)C(=O)Nc1ncnc2c1ncn2-c1ccc(NC(=O)Nc2ccc(Cl)c(C(F)(F)F)c2)cc1.Cl. The van der Waals surface area contributed by atoms with Crippen LogP contribution in [0, 0.1) is 5.92 Å². The average Bonchev–Trinajstić information content (AvgIpc) is 3.30. The summed E-state index contributed by atoms with van der Waals surface area (Å²) in [6.07, 6.45) is -1.33. The molecule has 0 spiro atoms. The first-order valence-corrected chi connectivity index (χ1v) is 12.1. The molecule has 4 aromatic rings. The second-order valence-corrected chi connectivity index (χ2v) is 9.46. The number of hydrogen-bond acceptors (Lipinski definition) is 6. The fourth-order valence-corrected chi connectivity index (χ4v) is 3.98. The molecule has 0 fully saturated rings. The highest BCUT2D eigenvalue weighted by molar-refractivity contribution is 6.31. The van der Waals surface area contributed by atoms with Crippen LogP contribution in [0.2, 0.25) is 5.02 Å². The van der Waals surface area contributed by atoms with Gasteiger partial charge in [-0.25, -0.2) is 19.7 Å². The van der Waals surface area contributed by atoms with Crippen molar-refractivity contribution in [3.8, 4) is 5.69 Å². The maximum atomic E-state index is 13.1. The van der Waals surface area contributed by atoms with E-state index in [-0.39, 0.29) is 35.7 Å². The van der Waals surface area contributed by atoms with E-state index in [0.29, 0.717) is 29.0 Å². The Hall–Kier alpha value is -3.94. The quantitative estimate of drug-likeness (QED) is 0.210. The van der Waals surface area contributed by atoms with Crippen LogP contribution in [0.5, 0.6) is 0 Å². The molecule has 40 heavy (non-hydrogen) atoms. The first-order chi connectivity index (χ1) is 18.4. The number of nitrogens with two attached hydrogens (primary N) is 1. The lowest BCUT2D eigenvalue weighted by Crippen LogP contribution is -2.36. The predicted octanol–water partition coefficient (Wildman–Crippen LogP) is 5.87. The molecule has 0 saturated heterocycles. The smallest absolute Gasteiger partial charge is 0.320 e. The fourth-order valence-electron chi connectivity index (χ4n) is 3.76. The molecule has 2 aromatic heterocycles. The van der Waals surface area contributed by atoms with E-state index in [2.05, 4.69) is 30.9 Å². The molecule has 0 bridgehead atoms. The van der Waals surface area contributed by atoms with Gasteiger partial charge in [-0.15, -0.1) is 12.4 Å². The minimum Gasteiger partial charge on any atom is -0.320 e. The Bertz CT molecular complexity index is 1510. The molecule has 0 aliphatic carbocycles. The molecular weight excluding hydrogens is 572 g/mol. The molecule has 15 heteroatoms. The van der Waals surface area contributed by atoms with Crippen LogP contribution in [-0.2, 0) is 11.0 Å². The molecule has 0 saturated carbocycles. The number of anilines is 3. The maximum Gasteiger partial charge on any atom is 0.417 e. The van der Waals surface area contributed by atoms with Crippen LogP contribution in [0.4, 0.5) is 35.2 Å². The van der Waals surface area contributed by atoms with Crippen molar-refractivity contribution in [2.75, 3.05) is 16.0 Å². The van der Waals surface area contributed by atoms with Gasteiger partial charge in [-0.2, -0.15) is 13.2 Å². The molecule has 1 unspecified atom stereocenters. The van der Waals surface area contributed by atoms with Crippen molar-refractivity contribution >= 4 is 64.3 Å². The Morgan fingerprint density at radius 3 is 2.30 bits per heavy atom. The molecule has 2 aromatic carbocycles. The lowest BCUT2D eigenvalue weighted by molar-refractivity contribution is -0.137. The molecule has 2 heterocycles. The van der Waals surface area contributed by atoms with Crippen LogP contribution in [0.15, 0.2) is 55.1 Å². The average molecular weight is 597 g/mol. The Morgan fingerprint density at radius 2 is 1.65 bits per heavy atom. The van der Waals surface area contributed by atoms with E-state index in [0.717, 1.165) is 12.1 Å². The van der Waals surface area contributed by atoms with Gasteiger partial charge in [0.25, 0.3) is 0 Å². The van der Waals surface area contributed by atoms with E-state index in [4.69, 9.17) is 17.3 Å². The van der Waals surface area contributed by atoms with Crippen molar-refractivity contribution in [2.24, 2.45) is 11.7 Å². The molecule has 0 aliphatic rings. The number of amides is 3. The van der Waals surface area contributed by atoms with Crippen molar-refractivity contribution in [3.63, 3.8) is 0 Å². The van der Waals surface area contributed by atoms with Gasteiger partial charge in [0.05, 0.1) is 16.6 Å². The zero-order valence-corrected chi connectivity index (χ0v) is 22.7. The minimum absolute atomic E-state index is 0. The summed E-state index contributed by atoms with van der Waals surface area (Å²) in [6, 6.07) is 8.20.